The SMILES string of the molecule is CC(O)c1ccc(SCc2ccccc2)c(Br)c1. The summed E-state index contributed by atoms with van der Waals surface area (Å²) in [4.78, 5) is 1.20. The van der Waals surface area contributed by atoms with Crippen LogP contribution in [-0.4, -0.2) is 5.11 Å². The Balaban J connectivity index is 2.06. The molecule has 3 heteroatoms. The van der Waals surface area contributed by atoms with Crippen molar-refractivity contribution in [2.45, 2.75) is 23.7 Å². The van der Waals surface area contributed by atoms with Crippen molar-refractivity contribution in [1.29, 1.82) is 0 Å². The summed E-state index contributed by atoms with van der Waals surface area (Å²) < 4.78 is 1.04. The molecule has 0 saturated carbocycles. The first-order valence-electron chi connectivity index (χ1n) is 5.81. The molecule has 0 spiro atoms. The number of aliphatic hydroxyl groups excluding tert-OH is 1. The van der Waals surface area contributed by atoms with Gasteiger partial charge in [-0.1, -0.05) is 36.4 Å². The lowest BCUT2D eigenvalue weighted by molar-refractivity contribution is 0.199. The van der Waals surface area contributed by atoms with Crippen LogP contribution in [0.2, 0.25) is 0 Å². The maximum atomic E-state index is 9.52. The third kappa shape index (κ3) is 3.61. The van der Waals surface area contributed by atoms with Gasteiger partial charge in [0.2, 0.25) is 0 Å². The number of benzene rings is 2. The van der Waals surface area contributed by atoms with Gasteiger partial charge in [0, 0.05) is 15.1 Å². The quantitative estimate of drug-likeness (QED) is 0.816. The van der Waals surface area contributed by atoms with E-state index in [0.29, 0.717) is 0 Å². The summed E-state index contributed by atoms with van der Waals surface area (Å²) in [6.45, 7) is 1.78. The molecule has 18 heavy (non-hydrogen) atoms. The number of hydrogen-bond acceptors (Lipinski definition) is 2. The van der Waals surface area contributed by atoms with Gasteiger partial charge >= 0.3 is 0 Å². The van der Waals surface area contributed by atoms with Gasteiger partial charge in [-0.3, -0.25) is 0 Å². The van der Waals surface area contributed by atoms with E-state index in [-0.39, 0.29) is 0 Å². The van der Waals surface area contributed by atoms with E-state index in [4.69, 9.17) is 0 Å². The van der Waals surface area contributed by atoms with Gasteiger partial charge in [-0.05, 0) is 46.1 Å². The first-order valence-corrected chi connectivity index (χ1v) is 7.59. The second kappa shape index (κ2) is 6.41. The molecule has 0 aliphatic heterocycles. The van der Waals surface area contributed by atoms with E-state index >= 15 is 0 Å². The molecule has 0 aliphatic rings. The fraction of sp³-hybridized carbons (Fsp3) is 0.200. The van der Waals surface area contributed by atoms with Gasteiger partial charge in [0.15, 0.2) is 0 Å². The standard InChI is InChI=1S/C15H15BrOS/c1-11(17)13-7-8-15(14(16)9-13)18-10-12-5-3-2-4-6-12/h2-9,11,17H,10H2,1H3. The van der Waals surface area contributed by atoms with Crippen LogP contribution in [0.3, 0.4) is 0 Å². The maximum Gasteiger partial charge on any atom is 0.0762 e. The Morgan fingerprint density at radius 3 is 2.50 bits per heavy atom. The first kappa shape index (κ1) is 13.7. The van der Waals surface area contributed by atoms with Crippen LogP contribution in [0.5, 0.6) is 0 Å². The summed E-state index contributed by atoms with van der Waals surface area (Å²) in [5.41, 5.74) is 2.25. The van der Waals surface area contributed by atoms with Crippen molar-refractivity contribution in [3.63, 3.8) is 0 Å². The monoisotopic (exact) mass is 322 g/mol. The smallest absolute Gasteiger partial charge is 0.0762 e. The lowest BCUT2D eigenvalue weighted by atomic mass is 10.1. The van der Waals surface area contributed by atoms with Gasteiger partial charge in [0.05, 0.1) is 6.10 Å². The van der Waals surface area contributed by atoms with E-state index in [0.717, 1.165) is 15.8 Å². The average molecular weight is 323 g/mol. The largest absolute Gasteiger partial charge is 0.389 e. The molecule has 0 fully saturated rings. The van der Waals surface area contributed by atoms with Gasteiger partial charge in [-0.25, -0.2) is 0 Å². The molecule has 1 N–H and O–H groups in total. The van der Waals surface area contributed by atoms with Crippen LogP contribution in [0.15, 0.2) is 57.9 Å². The highest BCUT2D eigenvalue weighted by Crippen LogP contribution is 2.32. The molecule has 1 nitrogen and oxygen atoms in total. The van der Waals surface area contributed by atoms with Crippen LogP contribution in [0.4, 0.5) is 0 Å². The molecule has 0 heterocycles. The molecule has 2 rings (SSSR count). The minimum atomic E-state index is -0.422. The fourth-order valence-corrected chi connectivity index (χ4v) is 3.24. The number of hydrogen-bond donors (Lipinski definition) is 1. The maximum absolute atomic E-state index is 9.52. The summed E-state index contributed by atoms with van der Waals surface area (Å²) in [5, 5.41) is 9.52. The summed E-state index contributed by atoms with van der Waals surface area (Å²) in [6, 6.07) is 16.4. The summed E-state index contributed by atoms with van der Waals surface area (Å²) in [5.74, 6) is 0.952. The van der Waals surface area contributed by atoms with Gasteiger partial charge < -0.3 is 5.11 Å². The normalized spacial score (nSPS) is 12.4. The van der Waals surface area contributed by atoms with Gasteiger partial charge in [-0.2, -0.15) is 0 Å². The predicted octanol–water partition coefficient (Wildman–Crippen LogP) is 4.79. The lowest BCUT2D eigenvalue weighted by Crippen LogP contribution is -1.91. The minimum Gasteiger partial charge on any atom is -0.389 e. The van der Waals surface area contributed by atoms with E-state index in [1.807, 2.05) is 18.2 Å². The van der Waals surface area contributed by atoms with Gasteiger partial charge in [-0.15, -0.1) is 11.8 Å². The van der Waals surface area contributed by atoms with Crippen molar-refractivity contribution in [3.8, 4) is 0 Å². The zero-order chi connectivity index (χ0) is 13.0. The minimum absolute atomic E-state index is 0.422. The molecular weight excluding hydrogens is 308 g/mol. The van der Waals surface area contributed by atoms with Crippen LogP contribution >= 0.6 is 27.7 Å². The predicted molar refractivity (Wildman–Crippen MR) is 80.8 cm³/mol. The second-order valence-electron chi connectivity index (χ2n) is 4.14. The molecule has 2 aromatic rings. The van der Waals surface area contributed by atoms with Crippen molar-refractivity contribution in [3.05, 3.63) is 64.1 Å². The molecule has 1 unspecified atom stereocenters. The molecule has 0 radical (unpaired) electrons. The van der Waals surface area contributed by atoms with Crippen LogP contribution in [0, 0.1) is 0 Å². The summed E-state index contributed by atoms with van der Waals surface area (Å²) in [7, 11) is 0. The molecule has 0 amide bonds. The van der Waals surface area contributed by atoms with Crippen molar-refractivity contribution in [2.75, 3.05) is 0 Å². The van der Waals surface area contributed by atoms with Crippen molar-refractivity contribution < 1.29 is 5.11 Å². The lowest BCUT2D eigenvalue weighted by Gasteiger charge is -2.09. The van der Waals surface area contributed by atoms with E-state index in [1.165, 1.54) is 10.5 Å². The molecule has 0 aliphatic carbocycles. The average Bonchev–Trinajstić information content (AvgIpc) is 2.38. The molecule has 0 aromatic heterocycles. The molecule has 94 valence electrons. The van der Waals surface area contributed by atoms with Gasteiger partial charge in [0.25, 0.3) is 0 Å². The highest BCUT2D eigenvalue weighted by molar-refractivity contribution is 9.10. The van der Waals surface area contributed by atoms with Crippen LogP contribution in [0.25, 0.3) is 0 Å². The van der Waals surface area contributed by atoms with Crippen molar-refractivity contribution >= 4 is 27.7 Å². The Kier molecular flexibility index (Phi) is 4.87. The molecule has 1 atom stereocenters. The third-order valence-electron chi connectivity index (χ3n) is 2.68. The Bertz CT molecular complexity index is 511. The zero-order valence-corrected chi connectivity index (χ0v) is 12.5. The zero-order valence-electron chi connectivity index (χ0n) is 10.1. The highest BCUT2D eigenvalue weighted by atomic mass is 79.9. The summed E-state index contributed by atoms with van der Waals surface area (Å²) in [6.07, 6.45) is -0.422. The van der Waals surface area contributed by atoms with E-state index in [1.54, 1.807) is 18.7 Å². The number of halogens is 1. The Labute approximate surface area is 120 Å². The van der Waals surface area contributed by atoms with E-state index in [9.17, 15) is 5.11 Å². The number of rotatable bonds is 4. The van der Waals surface area contributed by atoms with Crippen molar-refractivity contribution in [1.82, 2.24) is 0 Å². The van der Waals surface area contributed by atoms with Crippen molar-refractivity contribution in [2.24, 2.45) is 0 Å². The molecule has 2 aromatic carbocycles. The highest BCUT2D eigenvalue weighted by Gasteiger charge is 2.06. The molecule has 0 bridgehead atoms. The first-order chi connectivity index (χ1) is 8.66. The van der Waals surface area contributed by atoms with Crippen LogP contribution < -0.4 is 0 Å². The van der Waals surface area contributed by atoms with E-state index < -0.39 is 6.10 Å². The Morgan fingerprint density at radius 1 is 1.17 bits per heavy atom. The third-order valence-corrected chi connectivity index (χ3v) is 4.74. The number of aliphatic hydroxyl groups is 1. The second-order valence-corrected chi connectivity index (χ2v) is 6.01. The van der Waals surface area contributed by atoms with Crippen LogP contribution in [0.1, 0.15) is 24.2 Å². The number of thioether (sulfide) groups is 1. The molecular formula is C15H15BrOS. The van der Waals surface area contributed by atoms with Gasteiger partial charge in [0.1, 0.15) is 0 Å². The summed E-state index contributed by atoms with van der Waals surface area (Å²) >= 11 is 5.35. The van der Waals surface area contributed by atoms with Crippen LogP contribution in [-0.2, 0) is 5.75 Å². The fourth-order valence-electron chi connectivity index (χ4n) is 1.63. The topological polar surface area (TPSA) is 20.2 Å². The Hall–Kier alpha value is -0.770. The molecule has 0 saturated heterocycles. The Morgan fingerprint density at radius 2 is 1.89 bits per heavy atom. The van der Waals surface area contributed by atoms with E-state index in [2.05, 4.69) is 46.3 Å².